The molecule has 0 aromatic carbocycles. The second-order valence-corrected chi connectivity index (χ2v) is 3.00. The SMILES string of the molecule is O=Cc1c([N+](=O)[O-])ncc(OC(F)(F)F)c1C(F)F. The molecule has 11 heteroatoms. The smallest absolute Gasteiger partial charge is 0.401 e. The summed E-state index contributed by atoms with van der Waals surface area (Å²) in [5.74, 6) is -2.74. The molecule has 0 fully saturated rings. The van der Waals surface area contributed by atoms with E-state index in [2.05, 4.69) is 9.72 Å². The molecule has 1 heterocycles. The van der Waals surface area contributed by atoms with Gasteiger partial charge < -0.3 is 14.9 Å². The minimum atomic E-state index is -5.30. The first-order chi connectivity index (χ1) is 8.67. The van der Waals surface area contributed by atoms with Crippen LogP contribution in [0.2, 0.25) is 0 Å². The summed E-state index contributed by atoms with van der Waals surface area (Å²) in [7, 11) is 0. The molecule has 0 saturated carbocycles. The van der Waals surface area contributed by atoms with Crippen LogP contribution in [0.4, 0.5) is 27.8 Å². The Balaban J connectivity index is 3.50. The number of alkyl halides is 5. The van der Waals surface area contributed by atoms with E-state index in [0.717, 1.165) is 0 Å². The summed E-state index contributed by atoms with van der Waals surface area (Å²) < 4.78 is 64.4. The maximum Gasteiger partial charge on any atom is 0.573 e. The van der Waals surface area contributed by atoms with E-state index in [1.807, 2.05) is 0 Å². The Morgan fingerprint density at radius 3 is 2.37 bits per heavy atom. The van der Waals surface area contributed by atoms with Crippen molar-refractivity contribution in [1.29, 1.82) is 0 Å². The van der Waals surface area contributed by atoms with Crippen LogP contribution in [0.25, 0.3) is 0 Å². The van der Waals surface area contributed by atoms with Gasteiger partial charge in [-0.2, -0.15) is 0 Å². The van der Waals surface area contributed by atoms with Crippen LogP contribution in [0.3, 0.4) is 0 Å². The number of nitrogens with zero attached hydrogens (tertiary/aromatic N) is 2. The molecule has 0 radical (unpaired) electrons. The van der Waals surface area contributed by atoms with Gasteiger partial charge in [-0.1, -0.05) is 0 Å². The zero-order chi connectivity index (χ0) is 14.8. The number of hydrogen-bond donors (Lipinski definition) is 0. The predicted molar refractivity (Wildman–Crippen MR) is 47.9 cm³/mol. The zero-order valence-corrected chi connectivity index (χ0v) is 8.65. The Morgan fingerprint density at radius 1 is 1.42 bits per heavy atom. The van der Waals surface area contributed by atoms with Crippen molar-refractivity contribution in [3.8, 4) is 5.75 Å². The normalized spacial score (nSPS) is 11.5. The van der Waals surface area contributed by atoms with Crippen LogP contribution in [0.1, 0.15) is 22.3 Å². The van der Waals surface area contributed by atoms with Crippen molar-refractivity contribution >= 4 is 12.1 Å². The lowest BCUT2D eigenvalue weighted by molar-refractivity contribution is -0.389. The van der Waals surface area contributed by atoms with E-state index in [4.69, 9.17) is 0 Å². The van der Waals surface area contributed by atoms with Crippen molar-refractivity contribution in [2.45, 2.75) is 12.8 Å². The van der Waals surface area contributed by atoms with Crippen LogP contribution in [0.5, 0.6) is 5.75 Å². The number of aromatic nitrogens is 1. The summed E-state index contributed by atoms with van der Waals surface area (Å²) in [4.78, 5) is 22.6. The van der Waals surface area contributed by atoms with Gasteiger partial charge in [-0.3, -0.25) is 4.79 Å². The van der Waals surface area contributed by atoms with Crippen LogP contribution in [-0.2, 0) is 0 Å². The van der Waals surface area contributed by atoms with Crippen LogP contribution in [0.15, 0.2) is 6.20 Å². The standard InChI is InChI=1S/C8H3F5N2O4/c9-6(10)5-3(2-16)7(15(17)18)14-1-4(5)19-8(11,12)13/h1-2,6H. The predicted octanol–water partition coefficient (Wildman–Crippen LogP) is 2.64. The van der Waals surface area contributed by atoms with Crippen LogP contribution < -0.4 is 4.74 Å². The fourth-order valence-corrected chi connectivity index (χ4v) is 1.20. The average Bonchev–Trinajstić information content (AvgIpc) is 2.25. The molecule has 0 aliphatic carbocycles. The molecule has 0 spiro atoms. The summed E-state index contributed by atoms with van der Waals surface area (Å²) in [6, 6.07) is 0. The van der Waals surface area contributed by atoms with Gasteiger partial charge in [0.15, 0.2) is 18.2 Å². The van der Waals surface area contributed by atoms with Gasteiger partial charge in [0.25, 0.3) is 6.43 Å². The lowest BCUT2D eigenvalue weighted by Crippen LogP contribution is -2.19. The third kappa shape index (κ3) is 3.33. The highest BCUT2D eigenvalue weighted by Crippen LogP contribution is 2.37. The van der Waals surface area contributed by atoms with Crippen molar-refractivity contribution in [2.24, 2.45) is 0 Å². The Morgan fingerprint density at radius 2 is 2.00 bits per heavy atom. The van der Waals surface area contributed by atoms with Crippen molar-refractivity contribution < 1.29 is 36.4 Å². The molecule has 0 aliphatic rings. The Bertz CT molecular complexity index is 517. The number of rotatable bonds is 4. The topological polar surface area (TPSA) is 82.3 Å². The van der Waals surface area contributed by atoms with Crippen molar-refractivity contribution in [2.75, 3.05) is 0 Å². The summed E-state index contributed by atoms with van der Waals surface area (Å²) in [6.07, 6.45) is -9.16. The maximum absolute atomic E-state index is 12.6. The number of carbonyl (C=O) groups excluding carboxylic acids is 1. The van der Waals surface area contributed by atoms with Gasteiger partial charge in [0.05, 0.1) is 5.56 Å². The molecule has 0 atom stereocenters. The van der Waals surface area contributed by atoms with E-state index in [0.29, 0.717) is 0 Å². The van der Waals surface area contributed by atoms with E-state index in [1.165, 1.54) is 0 Å². The van der Waals surface area contributed by atoms with E-state index in [9.17, 15) is 36.9 Å². The summed E-state index contributed by atoms with van der Waals surface area (Å²) in [6.45, 7) is 0. The van der Waals surface area contributed by atoms with Crippen LogP contribution in [-0.4, -0.2) is 22.6 Å². The quantitative estimate of drug-likeness (QED) is 0.368. The Kier molecular flexibility index (Phi) is 3.97. The van der Waals surface area contributed by atoms with E-state index < -0.39 is 40.4 Å². The number of nitro groups is 1. The van der Waals surface area contributed by atoms with Gasteiger partial charge in [0.2, 0.25) is 0 Å². The monoisotopic (exact) mass is 286 g/mol. The minimum absolute atomic E-state index is 0.111. The Labute approximate surface area is 101 Å². The van der Waals surface area contributed by atoms with Crippen LogP contribution in [0, 0.1) is 10.1 Å². The number of carbonyl (C=O) groups is 1. The summed E-state index contributed by atoms with van der Waals surface area (Å²) in [5, 5.41) is 10.4. The molecule has 0 amide bonds. The van der Waals surface area contributed by atoms with Gasteiger partial charge in [0.1, 0.15) is 5.56 Å². The number of ether oxygens (including phenoxy) is 1. The average molecular weight is 286 g/mol. The molecule has 0 saturated heterocycles. The first kappa shape index (κ1) is 14.7. The summed E-state index contributed by atoms with van der Waals surface area (Å²) in [5.41, 5.74) is -2.80. The maximum atomic E-state index is 12.6. The van der Waals surface area contributed by atoms with Crippen molar-refractivity contribution in [1.82, 2.24) is 4.98 Å². The molecule has 0 bridgehead atoms. The van der Waals surface area contributed by atoms with Gasteiger partial charge in [0, 0.05) is 0 Å². The zero-order valence-electron chi connectivity index (χ0n) is 8.65. The van der Waals surface area contributed by atoms with Crippen molar-refractivity contribution in [3.63, 3.8) is 0 Å². The van der Waals surface area contributed by atoms with Gasteiger partial charge >= 0.3 is 12.2 Å². The number of hydrogen-bond acceptors (Lipinski definition) is 5. The second-order valence-electron chi connectivity index (χ2n) is 3.00. The molecule has 6 nitrogen and oxygen atoms in total. The molecule has 1 rings (SSSR count). The second kappa shape index (κ2) is 5.12. The molecule has 1 aromatic rings. The molecule has 1 aromatic heterocycles. The first-order valence-electron chi connectivity index (χ1n) is 4.33. The number of pyridine rings is 1. The fraction of sp³-hybridized carbons (Fsp3) is 0.250. The highest BCUT2D eigenvalue weighted by molar-refractivity contribution is 5.83. The van der Waals surface area contributed by atoms with Gasteiger partial charge in [-0.25, -0.2) is 8.78 Å². The molecule has 0 N–H and O–H groups in total. The van der Waals surface area contributed by atoms with Gasteiger partial charge in [-0.05, 0) is 9.91 Å². The highest BCUT2D eigenvalue weighted by Gasteiger charge is 2.37. The van der Waals surface area contributed by atoms with E-state index >= 15 is 0 Å². The molecule has 19 heavy (non-hydrogen) atoms. The molecule has 0 unspecified atom stereocenters. The molecular weight excluding hydrogens is 283 g/mol. The lowest BCUT2D eigenvalue weighted by atomic mass is 10.1. The Hall–Kier alpha value is -2.33. The highest BCUT2D eigenvalue weighted by atomic mass is 19.4. The number of halogens is 5. The van der Waals surface area contributed by atoms with Gasteiger partial charge in [-0.15, -0.1) is 13.2 Å². The van der Waals surface area contributed by atoms with E-state index in [-0.39, 0.29) is 12.5 Å². The minimum Gasteiger partial charge on any atom is -0.401 e. The summed E-state index contributed by atoms with van der Waals surface area (Å²) >= 11 is 0. The first-order valence-corrected chi connectivity index (χ1v) is 4.33. The number of aldehydes is 1. The molecule has 0 aliphatic heterocycles. The lowest BCUT2D eigenvalue weighted by Gasteiger charge is -2.12. The van der Waals surface area contributed by atoms with Crippen molar-refractivity contribution in [3.05, 3.63) is 27.4 Å². The third-order valence-electron chi connectivity index (χ3n) is 1.84. The molecular formula is C8H3F5N2O4. The van der Waals surface area contributed by atoms with E-state index in [1.54, 1.807) is 0 Å². The largest absolute Gasteiger partial charge is 0.573 e. The van der Waals surface area contributed by atoms with Crippen LogP contribution >= 0.6 is 0 Å². The molecule has 104 valence electrons. The third-order valence-corrected chi connectivity index (χ3v) is 1.84. The fourth-order valence-electron chi connectivity index (χ4n) is 1.20.